The highest BCUT2D eigenvalue weighted by atomic mass is 32.2. The second kappa shape index (κ2) is 6.48. The zero-order chi connectivity index (χ0) is 12.0. The van der Waals surface area contributed by atoms with Crippen molar-refractivity contribution in [2.45, 2.75) is 56.4 Å². The Hall–Kier alpha value is -0.240. The van der Waals surface area contributed by atoms with E-state index in [9.17, 15) is 0 Å². The summed E-state index contributed by atoms with van der Waals surface area (Å²) in [7, 11) is 0. The lowest BCUT2D eigenvalue weighted by molar-refractivity contribution is 0.300. The molecular weight excluding hydrogens is 220 g/mol. The van der Waals surface area contributed by atoms with Gasteiger partial charge in [-0.25, -0.2) is 0 Å². The van der Waals surface area contributed by atoms with E-state index in [1.165, 1.54) is 12.8 Å². The Balaban J connectivity index is 2.15. The molecule has 1 aliphatic rings. The summed E-state index contributed by atoms with van der Waals surface area (Å²) in [5, 5.41) is 21.7. The van der Waals surface area contributed by atoms with Crippen molar-refractivity contribution in [1.82, 2.24) is 5.32 Å². The first-order valence-corrected chi connectivity index (χ1v) is 7.06. The smallest absolute Gasteiger partial charge is 0.104 e. The predicted octanol–water partition coefficient (Wildman–Crippen LogP) is 1.91. The molecule has 16 heavy (non-hydrogen) atoms. The molecule has 0 aliphatic heterocycles. The molecule has 1 aliphatic carbocycles. The molecule has 3 nitrogen and oxygen atoms in total. The Bertz CT molecular complexity index is 250. The average Bonchev–Trinajstić information content (AvgIpc) is 3.08. The summed E-state index contributed by atoms with van der Waals surface area (Å²) in [6.45, 7) is 4.25. The highest BCUT2D eigenvalue weighted by Gasteiger charge is 2.31. The number of aliphatic hydroxyl groups excluding tert-OH is 1. The number of hydrogen-bond acceptors (Lipinski definition) is 4. The average molecular weight is 242 g/mol. The third-order valence-electron chi connectivity index (χ3n) is 2.83. The van der Waals surface area contributed by atoms with E-state index in [0.717, 1.165) is 18.6 Å². The van der Waals surface area contributed by atoms with Crippen LogP contribution in [-0.2, 0) is 0 Å². The summed E-state index contributed by atoms with van der Waals surface area (Å²) in [6.07, 6.45) is 4.35. The largest absolute Gasteiger partial charge is 0.395 e. The van der Waals surface area contributed by atoms with E-state index in [-0.39, 0.29) is 12.1 Å². The maximum absolute atomic E-state index is 9.16. The summed E-state index contributed by atoms with van der Waals surface area (Å²) in [5.74, 6) is 1.02. The van der Waals surface area contributed by atoms with Crippen molar-refractivity contribution in [2.24, 2.45) is 0 Å². The highest BCUT2D eigenvalue weighted by molar-refractivity contribution is 7.99. The van der Waals surface area contributed by atoms with Crippen LogP contribution in [0.3, 0.4) is 0 Å². The van der Waals surface area contributed by atoms with Crippen molar-refractivity contribution >= 4 is 11.8 Å². The fourth-order valence-corrected chi connectivity index (χ4v) is 2.42. The zero-order valence-corrected chi connectivity index (χ0v) is 11.0. The highest BCUT2D eigenvalue weighted by Crippen LogP contribution is 2.25. The topological polar surface area (TPSA) is 56.0 Å². The molecule has 2 unspecified atom stereocenters. The molecule has 2 N–H and O–H groups in total. The molecule has 0 spiro atoms. The van der Waals surface area contributed by atoms with E-state index in [1.54, 1.807) is 11.8 Å². The first-order chi connectivity index (χ1) is 7.59. The quantitative estimate of drug-likeness (QED) is 0.638. The number of thioether (sulfide) groups is 1. The van der Waals surface area contributed by atoms with E-state index in [4.69, 9.17) is 10.4 Å². The van der Waals surface area contributed by atoms with E-state index in [0.29, 0.717) is 11.3 Å². The molecule has 92 valence electrons. The van der Waals surface area contributed by atoms with Crippen LogP contribution >= 0.6 is 11.8 Å². The molecule has 0 saturated heterocycles. The van der Waals surface area contributed by atoms with E-state index in [2.05, 4.69) is 11.4 Å². The maximum atomic E-state index is 9.16. The third kappa shape index (κ3) is 5.20. The van der Waals surface area contributed by atoms with E-state index < -0.39 is 0 Å². The summed E-state index contributed by atoms with van der Waals surface area (Å²) in [4.78, 5) is 0. The maximum Gasteiger partial charge on any atom is 0.104 e. The molecule has 0 aromatic carbocycles. The van der Waals surface area contributed by atoms with Crippen LogP contribution in [0.2, 0.25) is 0 Å². The van der Waals surface area contributed by atoms with Gasteiger partial charge < -0.3 is 5.11 Å². The molecule has 2 atom stereocenters. The minimum Gasteiger partial charge on any atom is -0.395 e. The molecule has 0 bridgehead atoms. The van der Waals surface area contributed by atoms with Gasteiger partial charge in [0.25, 0.3) is 0 Å². The van der Waals surface area contributed by atoms with Crippen LogP contribution in [0.4, 0.5) is 0 Å². The number of hydrogen-bond donors (Lipinski definition) is 2. The Morgan fingerprint density at radius 2 is 2.31 bits per heavy atom. The monoisotopic (exact) mass is 242 g/mol. The Kier molecular flexibility index (Phi) is 5.60. The van der Waals surface area contributed by atoms with Gasteiger partial charge in [-0.1, -0.05) is 6.92 Å². The fourth-order valence-electron chi connectivity index (χ4n) is 1.60. The molecule has 0 aromatic heterocycles. The van der Waals surface area contributed by atoms with Gasteiger partial charge in [-0.05, 0) is 38.4 Å². The van der Waals surface area contributed by atoms with Crippen molar-refractivity contribution in [1.29, 1.82) is 5.26 Å². The fraction of sp³-hybridized carbons (Fsp3) is 0.917. The normalized spacial score (nSPS) is 21.1. The second-order valence-corrected chi connectivity index (χ2v) is 6.38. The molecule has 1 fully saturated rings. The van der Waals surface area contributed by atoms with Crippen molar-refractivity contribution in [3.05, 3.63) is 0 Å². The van der Waals surface area contributed by atoms with Crippen LogP contribution in [0, 0.1) is 11.3 Å². The van der Waals surface area contributed by atoms with Gasteiger partial charge in [-0.15, -0.1) is 0 Å². The second-order valence-electron chi connectivity index (χ2n) is 4.83. The Labute approximate surface area is 103 Å². The first-order valence-electron chi connectivity index (χ1n) is 6.01. The lowest BCUT2D eigenvalue weighted by Gasteiger charge is -2.23. The number of nitrogens with one attached hydrogen (secondary N) is 1. The molecular formula is C12H22N2OS. The van der Waals surface area contributed by atoms with Crippen LogP contribution in [0.1, 0.15) is 39.5 Å². The van der Waals surface area contributed by atoms with Crippen molar-refractivity contribution in [3.8, 4) is 6.07 Å². The Morgan fingerprint density at radius 1 is 1.62 bits per heavy atom. The molecule has 4 heteroatoms. The number of nitrogens with zero attached hydrogens (tertiary/aromatic N) is 1. The number of aliphatic hydroxyl groups is 1. The van der Waals surface area contributed by atoms with Gasteiger partial charge in [-0.3, -0.25) is 5.32 Å². The molecule has 0 heterocycles. The summed E-state index contributed by atoms with van der Waals surface area (Å²) in [5.41, 5.74) is -0.357. The van der Waals surface area contributed by atoms with E-state index in [1.807, 2.05) is 13.8 Å². The van der Waals surface area contributed by atoms with Gasteiger partial charge in [-0.2, -0.15) is 17.0 Å². The summed E-state index contributed by atoms with van der Waals surface area (Å²) in [6, 6.07) is 2.96. The predicted molar refractivity (Wildman–Crippen MR) is 68.4 cm³/mol. The number of nitriles is 1. The van der Waals surface area contributed by atoms with Crippen LogP contribution in [0.15, 0.2) is 0 Å². The van der Waals surface area contributed by atoms with Gasteiger partial charge in [0.1, 0.15) is 5.54 Å². The molecule has 1 saturated carbocycles. The molecule has 0 aromatic rings. The van der Waals surface area contributed by atoms with Crippen LogP contribution in [0.5, 0.6) is 0 Å². The van der Waals surface area contributed by atoms with Crippen LogP contribution < -0.4 is 5.32 Å². The van der Waals surface area contributed by atoms with Gasteiger partial charge in [0, 0.05) is 11.3 Å². The van der Waals surface area contributed by atoms with Gasteiger partial charge in [0.2, 0.25) is 0 Å². The lowest BCUT2D eigenvalue weighted by atomic mass is 9.98. The van der Waals surface area contributed by atoms with Gasteiger partial charge >= 0.3 is 0 Å². The molecule has 0 radical (unpaired) electrons. The standard InChI is InChI=1S/C12H22N2OS/c1-10(8-15)16-7-3-6-12(2,9-13)14-11-4-5-11/h10-11,14-15H,3-8H2,1-2H3. The molecule has 0 amide bonds. The minimum absolute atomic E-state index is 0.237. The van der Waals surface area contributed by atoms with Crippen LogP contribution in [-0.4, -0.2) is 34.3 Å². The van der Waals surface area contributed by atoms with Crippen molar-refractivity contribution in [3.63, 3.8) is 0 Å². The first kappa shape index (κ1) is 13.8. The van der Waals surface area contributed by atoms with E-state index >= 15 is 0 Å². The van der Waals surface area contributed by atoms with Gasteiger partial charge in [0.15, 0.2) is 0 Å². The summed E-state index contributed by atoms with van der Waals surface area (Å²) >= 11 is 1.77. The van der Waals surface area contributed by atoms with Crippen LogP contribution in [0.25, 0.3) is 0 Å². The Morgan fingerprint density at radius 3 is 2.81 bits per heavy atom. The number of rotatable bonds is 8. The third-order valence-corrected chi connectivity index (χ3v) is 4.07. The minimum atomic E-state index is -0.357. The van der Waals surface area contributed by atoms with Crippen molar-refractivity contribution in [2.75, 3.05) is 12.4 Å². The lowest BCUT2D eigenvalue weighted by Crippen LogP contribution is -2.42. The SMILES string of the molecule is CC(CO)SCCCC(C)(C#N)NC1CC1. The van der Waals surface area contributed by atoms with Gasteiger partial charge in [0.05, 0.1) is 12.7 Å². The molecule has 1 rings (SSSR count). The summed E-state index contributed by atoms with van der Waals surface area (Å²) < 4.78 is 0. The zero-order valence-electron chi connectivity index (χ0n) is 10.2. The van der Waals surface area contributed by atoms with Crippen molar-refractivity contribution < 1.29 is 5.11 Å².